The number of Topliss-reactive ketones (excluding diaryl/α,β-unsaturated/α-hetero) is 1. The van der Waals surface area contributed by atoms with Crippen LogP contribution >= 0.6 is 23.1 Å². The van der Waals surface area contributed by atoms with Crippen LogP contribution in [0.1, 0.15) is 53.9 Å². The van der Waals surface area contributed by atoms with E-state index in [2.05, 4.69) is 10.1 Å². The molecule has 35 heavy (non-hydrogen) atoms. The average Bonchev–Trinajstić information content (AvgIpc) is 3.48. The van der Waals surface area contributed by atoms with Gasteiger partial charge >= 0.3 is 11.3 Å². The number of halogens is 1. The molecule has 1 aromatic carbocycles. The van der Waals surface area contributed by atoms with E-state index < -0.39 is 22.7 Å². The van der Waals surface area contributed by atoms with Crippen LogP contribution in [0, 0.1) is 5.82 Å². The molecule has 0 aliphatic carbocycles. The van der Waals surface area contributed by atoms with Crippen molar-refractivity contribution in [3.63, 3.8) is 0 Å². The second kappa shape index (κ2) is 10.1. The number of carbonyl (C=O) groups excluding carboxylic acids is 1. The molecule has 0 radical (unpaired) electrons. The smallest absolute Gasteiger partial charge is 0.413 e. The Hall–Kier alpha value is -2.76. The van der Waals surface area contributed by atoms with Gasteiger partial charge < -0.3 is 18.3 Å². The van der Waals surface area contributed by atoms with Crippen LogP contribution in [0.25, 0.3) is 22.1 Å². The second-order valence-electron chi connectivity index (χ2n) is 8.58. The summed E-state index contributed by atoms with van der Waals surface area (Å²) in [5, 5.41) is 4.54. The van der Waals surface area contributed by atoms with Gasteiger partial charge in [-0.25, -0.2) is 14.0 Å². The number of aromatic nitrogens is 1. The maximum atomic E-state index is 14.3. The number of likely N-dealkylation sites (tertiary alicyclic amines) is 1. The maximum Gasteiger partial charge on any atom is 0.423 e. The lowest BCUT2D eigenvalue weighted by Crippen LogP contribution is -2.33. The molecule has 1 aliphatic rings. The summed E-state index contributed by atoms with van der Waals surface area (Å²) in [6.07, 6.45) is 3.84. The molecule has 3 aromatic heterocycles. The van der Waals surface area contributed by atoms with Gasteiger partial charge in [0.05, 0.1) is 20.2 Å². The highest BCUT2D eigenvalue weighted by Gasteiger charge is 2.28. The highest BCUT2D eigenvalue weighted by atomic mass is 32.2. The minimum absolute atomic E-state index is 0.0586. The molecule has 8 nitrogen and oxygen atoms in total. The summed E-state index contributed by atoms with van der Waals surface area (Å²) >= 11 is 3.35. The first-order chi connectivity index (χ1) is 16.9. The van der Waals surface area contributed by atoms with Gasteiger partial charge in [0.1, 0.15) is 0 Å². The SMILES string of the molecule is CC(=O)c1ccc(SCCCCN2CCC(c3noc4cc(F)c5oc(=O)c(=O)oc5c34)CC2)s1. The van der Waals surface area contributed by atoms with E-state index in [4.69, 9.17) is 13.4 Å². The number of hydrogen-bond donors (Lipinski definition) is 0. The van der Waals surface area contributed by atoms with Gasteiger partial charge in [0.15, 0.2) is 22.8 Å². The predicted molar refractivity (Wildman–Crippen MR) is 131 cm³/mol. The van der Waals surface area contributed by atoms with Crippen molar-refractivity contribution in [2.24, 2.45) is 0 Å². The number of carbonyl (C=O) groups is 1. The van der Waals surface area contributed by atoms with Crippen molar-refractivity contribution in [1.82, 2.24) is 10.1 Å². The monoisotopic (exact) mass is 518 g/mol. The minimum Gasteiger partial charge on any atom is -0.413 e. The molecule has 4 aromatic rings. The Morgan fingerprint density at radius 1 is 1.17 bits per heavy atom. The summed E-state index contributed by atoms with van der Waals surface area (Å²) in [5.41, 5.74) is -2.23. The summed E-state index contributed by atoms with van der Waals surface area (Å²) in [6, 6.07) is 5.00. The first-order valence-electron chi connectivity index (χ1n) is 11.4. The Labute approximate surface area is 207 Å². The fourth-order valence-corrected chi connectivity index (χ4v) is 6.51. The zero-order valence-corrected chi connectivity index (χ0v) is 20.6. The van der Waals surface area contributed by atoms with Crippen LogP contribution in [-0.4, -0.2) is 41.2 Å². The summed E-state index contributed by atoms with van der Waals surface area (Å²) in [6.45, 7) is 4.37. The normalized spacial score (nSPS) is 15.4. The van der Waals surface area contributed by atoms with Crippen molar-refractivity contribution in [1.29, 1.82) is 0 Å². The van der Waals surface area contributed by atoms with Crippen LogP contribution in [0.2, 0.25) is 0 Å². The summed E-state index contributed by atoms with van der Waals surface area (Å²) in [4.78, 5) is 37.9. The van der Waals surface area contributed by atoms with E-state index >= 15 is 0 Å². The average molecular weight is 519 g/mol. The van der Waals surface area contributed by atoms with Crippen LogP contribution in [0.4, 0.5) is 4.39 Å². The molecule has 1 saturated heterocycles. The standard InChI is InChI=1S/C24H23FN2O6S2/c1-13(28)17-4-5-18(35-17)34-11-3-2-8-27-9-6-14(7-10-27)20-19-16(33-26-20)12-15(25)21-22(19)32-24(30)23(29)31-21/h4-5,12,14H,2-3,6-11H2,1H3. The van der Waals surface area contributed by atoms with Crippen molar-refractivity contribution in [3.8, 4) is 0 Å². The molecule has 0 spiro atoms. The third-order valence-electron chi connectivity index (χ3n) is 6.22. The van der Waals surface area contributed by atoms with E-state index in [-0.39, 0.29) is 22.9 Å². The first kappa shape index (κ1) is 24.0. The highest BCUT2D eigenvalue weighted by Crippen LogP contribution is 2.37. The number of unbranched alkanes of at least 4 members (excludes halogenated alkanes) is 1. The molecular weight excluding hydrogens is 495 g/mol. The minimum atomic E-state index is -1.25. The molecule has 184 valence electrons. The number of nitrogens with zero attached hydrogens (tertiary/aromatic N) is 2. The van der Waals surface area contributed by atoms with Crippen molar-refractivity contribution in [2.75, 3.05) is 25.4 Å². The molecule has 0 atom stereocenters. The van der Waals surface area contributed by atoms with Crippen molar-refractivity contribution in [2.45, 2.75) is 42.7 Å². The Morgan fingerprint density at radius 2 is 1.91 bits per heavy atom. The highest BCUT2D eigenvalue weighted by molar-refractivity contribution is 8.01. The fraction of sp³-hybridized carbons (Fsp3) is 0.417. The third kappa shape index (κ3) is 4.98. The van der Waals surface area contributed by atoms with E-state index in [1.165, 1.54) is 4.21 Å². The predicted octanol–water partition coefficient (Wildman–Crippen LogP) is 5.04. The zero-order valence-electron chi connectivity index (χ0n) is 19.0. The first-order valence-corrected chi connectivity index (χ1v) is 13.2. The van der Waals surface area contributed by atoms with E-state index in [1.807, 2.05) is 12.1 Å². The van der Waals surface area contributed by atoms with Gasteiger partial charge in [-0.2, -0.15) is 0 Å². The molecular formula is C24H23FN2O6S2. The van der Waals surface area contributed by atoms with Gasteiger partial charge in [-0.1, -0.05) is 5.16 Å². The van der Waals surface area contributed by atoms with Crippen molar-refractivity contribution < 1.29 is 22.5 Å². The molecule has 1 aliphatic heterocycles. The molecule has 0 N–H and O–H groups in total. The summed E-state index contributed by atoms with van der Waals surface area (Å²) in [5.74, 6) is 0.343. The van der Waals surface area contributed by atoms with Crippen LogP contribution < -0.4 is 11.3 Å². The van der Waals surface area contributed by atoms with E-state index in [0.717, 1.165) is 62.0 Å². The maximum absolute atomic E-state index is 14.3. The van der Waals surface area contributed by atoms with E-state index in [9.17, 15) is 18.8 Å². The Kier molecular flexibility index (Phi) is 6.90. The van der Waals surface area contributed by atoms with Crippen molar-refractivity contribution in [3.05, 3.63) is 55.4 Å². The summed E-state index contributed by atoms with van der Waals surface area (Å²) < 4.78 is 30.8. The number of thioether (sulfide) groups is 1. The van der Waals surface area contributed by atoms with Gasteiger partial charge in [0.25, 0.3) is 0 Å². The lowest BCUT2D eigenvalue weighted by Gasteiger charge is -2.31. The molecule has 0 unspecified atom stereocenters. The molecule has 0 bridgehead atoms. The Bertz CT molecular complexity index is 1500. The van der Waals surface area contributed by atoms with Gasteiger partial charge in [0.2, 0.25) is 5.58 Å². The molecule has 4 heterocycles. The molecule has 0 amide bonds. The van der Waals surface area contributed by atoms with Crippen LogP contribution in [0.5, 0.6) is 0 Å². The largest absolute Gasteiger partial charge is 0.423 e. The molecule has 5 rings (SSSR count). The topological polar surface area (TPSA) is 107 Å². The molecule has 1 fully saturated rings. The molecule has 0 saturated carbocycles. The molecule has 11 heteroatoms. The van der Waals surface area contributed by atoms with Gasteiger partial charge in [-0.15, -0.1) is 23.1 Å². The van der Waals surface area contributed by atoms with Gasteiger partial charge in [0, 0.05) is 12.0 Å². The Morgan fingerprint density at radius 3 is 2.63 bits per heavy atom. The van der Waals surface area contributed by atoms with Gasteiger partial charge in [-0.05, 0) is 70.1 Å². The van der Waals surface area contributed by atoms with E-state index in [1.54, 1.807) is 30.0 Å². The zero-order chi connectivity index (χ0) is 24.5. The number of thiophene rings is 1. The Balaban J connectivity index is 1.17. The second-order valence-corrected chi connectivity index (χ2v) is 11.1. The number of hydrogen-bond acceptors (Lipinski definition) is 10. The fourth-order valence-electron chi connectivity index (χ4n) is 4.41. The third-order valence-corrected chi connectivity index (χ3v) is 8.72. The van der Waals surface area contributed by atoms with Crippen molar-refractivity contribution >= 4 is 51.0 Å². The number of piperidine rings is 1. The van der Waals surface area contributed by atoms with Crippen LogP contribution in [0.15, 0.2) is 45.4 Å². The number of rotatable bonds is 8. The van der Waals surface area contributed by atoms with E-state index in [0.29, 0.717) is 11.1 Å². The lowest BCUT2D eigenvalue weighted by atomic mass is 9.91. The van der Waals surface area contributed by atoms with Crippen LogP contribution in [-0.2, 0) is 0 Å². The number of fused-ring (bicyclic) bond motifs is 3. The summed E-state index contributed by atoms with van der Waals surface area (Å²) in [7, 11) is 0. The van der Waals surface area contributed by atoms with Gasteiger partial charge in [-0.3, -0.25) is 4.79 Å². The number of benzene rings is 1. The quantitative estimate of drug-likeness (QED) is 0.137. The number of ketones is 1. The van der Waals surface area contributed by atoms with Crippen LogP contribution in [0.3, 0.4) is 0 Å². The lowest BCUT2D eigenvalue weighted by molar-refractivity contribution is 0.102.